The maximum absolute atomic E-state index is 3.76. The van der Waals surface area contributed by atoms with Gasteiger partial charge in [0.2, 0.25) is 0 Å². The van der Waals surface area contributed by atoms with E-state index in [0.717, 1.165) is 58.8 Å². The van der Waals surface area contributed by atoms with Crippen LogP contribution in [0.25, 0.3) is 0 Å². The molecule has 0 atom stereocenters. The fraction of sp³-hybridized carbons (Fsp3) is 1.00. The number of hydrogen-bond acceptors (Lipinski definition) is 5. The third-order valence-electron chi connectivity index (χ3n) is 7.45. The summed E-state index contributed by atoms with van der Waals surface area (Å²) in [6, 6.07) is 0. The predicted octanol–water partition coefficient (Wildman–Crippen LogP) is 8.46. The molecule has 0 heterocycles. The van der Waals surface area contributed by atoms with Gasteiger partial charge in [0.15, 0.2) is 0 Å². The molecule has 1 N–H and O–H groups in total. The summed E-state index contributed by atoms with van der Waals surface area (Å²) in [6.45, 7) is 41.2. The summed E-state index contributed by atoms with van der Waals surface area (Å²) in [4.78, 5) is 10.7. The third kappa shape index (κ3) is 16.5. The molecular weight excluding hydrogens is 926 g/mol. The molecule has 0 spiro atoms. The molecule has 0 fully saturated rings. The first-order chi connectivity index (χ1) is 16.7. The van der Waals surface area contributed by atoms with Crippen LogP contribution in [0.1, 0.15) is 103 Å². The number of nitrogens with one attached hydrogen (secondary N) is 1. The predicted molar refractivity (Wildman–Crippen MR) is 206 cm³/mol. The van der Waals surface area contributed by atoms with Crippen molar-refractivity contribution in [1.82, 2.24) is 24.9 Å². The molecule has 0 aromatic carbocycles. The Hall–Kier alpha value is 2.72. The standard InChI is InChI=1S/C29H61I4N5/c1-15-25(5,6)34-16-17-35(26(7,8)30)18-19-36(27(9,10)31)20-21-37(28(11,12)32)22-23-38(24(2,3)4)29(13,14)33/h34H,15-23H2,1-14H3. The molecule has 0 radical (unpaired) electrons. The fourth-order valence-electron chi connectivity index (χ4n) is 4.69. The second-order valence-corrected chi connectivity index (χ2v) is 24.6. The van der Waals surface area contributed by atoms with Crippen LogP contribution in [-0.2, 0) is 0 Å². The summed E-state index contributed by atoms with van der Waals surface area (Å²) < 4.78 is 0.440. The molecule has 230 valence electrons. The first-order valence-electron chi connectivity index (χ1n) is 14.3. The van der Waals surface area contributed by atoms with E-state index in [9.17, 15) is 0 Å². The van der Waals surface area contributed by atoms with Gasteiger partial charge in [0, 0.05) is 63.4 Å². The molecule has 5 nitrogen and oxygen atoms in total. The smallest absolute Gasteiger partial charge is 0.0677 e. The molecule has 9 heteroatoms. The molecule has 0 aliphatic carbocycles. The van der Waals surface area contributed by atoms with E-state index in [1.165, 1.54) is 0 Å². The van der Waals surface area contributed by atoms with Gasteiger partial charge in [-0.15, -0.1) is 0 Å². The fourth-order valence-corrected chi connectivity index (χ4v) is 7.10. The zero-order valence-corrected chi connectivity index (χ0v) is 35.8. The van der Waals surface area contributed by atoms with E-state index in [0.29, 0.717) is 0 Å². The Bertz CT molecular complexity index is 653. The molecular formula is C29H61I4N5. The molecule has 0 amide bonds. The Morgan fingerprint density at radius 2 is 0.789 bits per heavy atom. The van der Waals surface area contributed by atoms with Crippen molar-refractivity contribution in [3.8, 4) is 0 Å². The molecule has 0 aromatic heterocycles. The van der Waals surface area contributed by atoms with Crippen LogP contribution in [0.3, 0.4) is 0 Å². The lowest BCUT2D eigenvalue weighted by molar-refractivity contribution is 0.0605. The van der Waals surface area contributed by atoms with Gasteiger partial charge in [-0.3, -0.25) is 19.6 Å². The molecule has 0 aromatic rings. The van der Waals surface area contributed by atoms with Crippen molar-refractivity contribution in [2.45, 2.75) is 129 Å². The number of alkyl halides is 4. The van der Waals surface area contributed by atoms with Gasteiger partial charge in [0.1, 0.15) is 0 Å². The summed E-state index contributed by atoms with van der Waals surface area (Å²) in [6.07, 6.45) is 1.14. The van der Waals surface area contributed by atoms with Gasteiger partial charge in [-0.05, 0) is 96.4 Å². The van der Waals surface area contributed by atoms with E-state index in [2.05, 4.69) is 212 Å². The highest BCUT2D eigenvalue weighted by Crippen LogP contribution is 2.32. The summed E-state index contributed by atoms with van der Waals surface area (Å²) in [5.41, 5.74) is 0.334. The van der Waals surface area contributed by atoms with Gasteiger partial charge in [0.25, 0.3) is 0 Å². The van der Waals surface area contributed by atoms with Crippen LogP contribution < -0.4 is 5.32 Å². The van der Waals surface area contributed by atoms with Gasteiger partial charge in [-0.2, -0.15) is 0 Å². The second-order valence-electron chi connectivity index (χ2n) is 14.1. The van der Waals surface area contributed by atoms with Crippen molar-refractivity contribution in [3.63, 3.8) is 0 Å². The lowest BCUT2D eigenvalue weighted by atomic mass is 10.0. The maximum atomic E-state index is 3.76. The zero-order valence-electron chi connectivity index (χ0n) is 27.2. The monoisotopic (exact) mass is 987 g/mol. The van der Waals surface area contributed by atoms with Crippen LogP contribution >= 0.6 is 90.4 Å². The summed E-state index contributed by atoms with van der Waals surface area (Å²) in [5, 5.41) is 3.76. The van der Waals surface area contributed by atoms with E-state index < -0.39 is 0 Å². The first-order valence-corrected chi connectivity index (χ1v) is 18.6. The lowest BCUT2D eigenvalue weighted by Gasteiger charge is -2.46. The van der Waals surface area contributed by atoms with E-state index in [1.54, 1.807) is 0 Å². The van der Waals surface area contributed by atoms with Crippen LogP contribution in [0.2, 0.25) is 0 Å². The number of nitrogens with zero attached hydrogens (tertiary/aromatic N) is 4. The van der Waals surface area contributed by atoms with Crippen molar-refractivity contribution in [3.05, 3.63) is 0 Å². The normalized spacial score (nSPS) is 15.0. The highest BCUT2D eigenvalue weighted by Gasteiger charge is 2.35. The van der Waals surface area contributed by atoms with Crippen LogP contribution in [-0.4, -0.2) is 97.2 Å². The Morgan fingerprint density at radius 1 is 0.474 bits per heavy atom. The molecule has 0 aliphatic rings. The van der Waals surface area contributed by atoms with Crippen molar-refractivity contribution >= 4 is 90.4 Å². The molecule has 0 bridgehead atoms. The minimum absolute atomic E-state index is 0.101. The van der Waals surface area contributed by atoms with Crippen molar-refractivity contribution in [2.75, 3.05) is 52.4 Å². The van der Waals surface area contributed by atoms with Crippen LogP contribution in [0, 0.1) is 0 Å². The van der Waals surface area contributed by atoms with Crippen molar-refractivity contribution in [2.24, 2.45) is 0 Å². The molecule has 0 unspecified atom stereocenters. The van der Waals surface area contributed by atoms with Crippen LogP contribution in [0.4, 0.5) is 0 Å². The minimum Gasteiger partial charge on any atom is -0.311 e. The average molecular weight is 987 g/mol. The molecule has 38 heavy (non-hydrogen) atoms. The number of rotatable bonds is 18. The molecule has 0 rings (SSSR count). The highest BCUT2D eigenvalue weighted by atomic mass is 127. The Balaban J connectivity index is 5.46. The van der Waals surface area contributed by atoms with Gasteiger partial charge in [0.05, 0.1) is 14.2 Å². The SMILES string of the molecule is CCC(C)(C)NCCN(CCN(CCN(CCN(C(C)(C)C)C(C)(C)I)C(C)(C)I)C(C)(C)I)C(C)(C)I. The van der Waals surface area contributed by atoms with Gasteiger partial charge in [-0.25, -0.2) is 0 Å². The van der Waals surface area contributed by atoms with E-state index >= 15 is 0 Å². The largest absolute Gasteiger partial charge is 0.311 e. The summed E-state index contributed by atoms with van der Waals surface area (Å²) in [7, 11) is 0. The Kier molecular flexibility index (Phi) is 17.3. The van der Waals surface area contributed by atoms with Gasteiger partial charge < -0.3 is 5.32 Å². The van der Waals surface area contributed by atoms with Gasteiger partial charge >= 0.3 is 0 Å². The van der Waals surface area contributed by atoms with Crippen LogP contribution in [0.15, 0.2) is 0 Å². The average Bonchev–Trinajstić information content (AvgIpc) is 2.66. The van der Waals surface area contributed by atoms with E-state index in [4.69, 9.17) is 0 Å². The summed E-state index contributed by atoms with van der Waals surface area (Å²) in [5.74, 6) is 0. The first kappa shape index (κ1) is 40.7. The van der Waals surface area contributed by atoms with Gasteiger partial charge in [-0.1, -0.05) is 97.3 Å². The minimum atomic E-state index is 0.101. The highest BCUT2D eigenvalue weighted by molar-refractivity contribution is 14.1. The van der Waals surface area contributed by atoms with Crippen molar-refractivity contribution < 1.29 is 0 Å². The number of halogens is 4. The lowest BCUT2D eigenvalue weighted by Crippen LogP contribution is -2.56. The zero-order chi connectivity index (χ0) is 30.4. The van der Waals surface area contributed by atoms with Crippen LogP contribution in [0.5, 0.6) is 0 Å². The quantitative estimate of drug-likeness (QED) is 0.0846. The Labute approximate surface area is 293 Å². The molecule has 0 saturated heterocycles. The molecule has 0 aliphatic heterocycles. The third-order valence-corrected chi connectivity index (χ3v) is 10.1. The Morgan fingerprint density at radius 3 is 1.05 bits per heavy atom. The maximum Gasteiger partial charge on any atom is 0.0677 e. The number of hydrogen-bond donors (Lipinski definition) is 1. The van der Waals surface area contributed by atoms with E-state index in [-0.39, 0.29) is 25.3 Å². The molecule has 0 saturated carbocycles. The summed E-state index contributed by atoms with van der Waals surface area (Å²) >= 11 is 10.5. The second kappa shape index (κ2) is 16.2. The topological polar surface area (TPSA) is 25.0 Å². The van der Waals surface area contributed by atoms with E-state index in [1.807, 2.05) is 0 Å². The van der Waals surface area contributed by atoms with Crippen molar-refractivity contribution in [1.29, 1.82) is 0 Å².